The zero-order valence-corrected chi connectivity index (χ0v) is 11.0. The number of aliphatic hydroxyl groups is 1. The van der Waals surface area contributed by atoms with Crippen molar-refractivity contribution in [3.8, 4) is 0 Å². The highest BCUT2D eigenvalue weighted by Gasteiger charge is 2.43. The largest absolute Gasteiger partial charge is 0.396 e. The first kappa shape index (κ1) is 12.6. The Bertz CT molecular complexity index is 349. The number of allylic oxidation sites excluding steroid dienone is 6. The van der Waals surface area contributed by atoms with Gasteiger partial charge in [-0.15, -0.1) is 0 Å². The number of aliphatic hydroxyl groups excluding tert-OH is 1. The van der Waals surface area contributed by atoms with Crippen LogP contribution in [0.15, 0.2) is 35.5 Å². The summed E-state index contributed by atoms with van der Waals surface area (Å²) < 4.78 is 0. The molecule has 0 aliphatic heterocycles. The summed E-state index contributed by atoms with van der Waals surface area (Å²) in [4.78, 5) is 0. The summed E-state index contributed by atoms with van der Waals surface area (Å²) in [7, 11) is 0. The minimum Gasteiger partial charge on any atom is -0.396 e. The molecule has 3 unspecified atom stereocenters. The molecule has 0 aromatic rings. The normalized spacial score (nSPS) is 32.5. The first-order valence-corrected chi connectivity index (χ1v) is 6.86. The Balaban J connectivity index is 2.19. The monoisotopic (exact) mass is 232 g/mol. The molecule has 2 bridgehead atoms. The van der Waals surface area contributed by atoms with Crippen LogP contribution in [-0.4, -0.2) is 11.7 Å². The molecule has 2 aliphatic rings. The van der Waals surface area contributed by atoms with Gasteiger partial charge >= 0.3 is 0 Å². The summed E-state index contributed by atoms with van der Waals surface area (Å²) in [5, 5.41) is 9.44. The van der Waals surface area contributed by atoms with Crippen molar-refractivity contribution in [2.24, 2.45) is 17.8 Å². The number of hydrogen-bond acceptors (Lipinski definition) is 1. The Kier molecular flexibility index (Phi) is 4.22. The predicted molar refractivity (Wildman–Crippen MR) is 72.7 cm³/mol. The Labute approximate surface area is 105 Å². The predicted octanol–water partition coefficient (Wildman–Crippen LogP) is 3.86. The molecule has 2 aliphatic carbocycles. The van der Waals surface area contributed by atoms with Gasteiger partial charge in [0.1, 0.15) is 0 Å². The summed E-state index contributed by atoms with van der Waals surface area (Å²) in [5.41, 5.74) is 3.31. The molecule has 0 spiro atoms. The third kappa shape index (κ3) is 2.40. The quantitative estimate of drug-likeness (QED) is 0.714. The van der Waals surface area contributed by atoms with Gasteiger partial charge in [-0.25, -0.2) is 0 Å². The lowest BCUT2D eigenvalue weighted by Crippen LogP contribution is -2.17. The van der Waals surface area contributed by atoms with Gasteiger partial charge in [-0.1, -0.05) is 35.5 Å². The van der Waals surface area contributed by atoms with E-state index in [0.29, 0.717) is 18.4 Å². The molecule has 0 radical (unpaired) electrons. The maximum Gasteiger partial charge on any atom is 0.0465 e. The molecule has 1 heteroatoms. The molecule has 2 rings (SSSR count). The lowest BCUT2D eigenvalue weighted by Gasteiger charge is -2.25. The van der Waals surface area contributed by atoms with Crippen molar-refractivity contribution in [2.45, 2.75) is 39.5 Å². The van der Waals surface area contributed by atoms with E-state index in [4.69, 9.17) is 0 Å². The van der Waals surface area contributed by atoms with Crippen molar-refractivity contribution in [3.05, 3.63) is 35.5 Å². The summed E-state index contributed by atoms with van der Waals surface area (Å²) in [6.45, 7) is 4.55. The highest BCUT2D eigenvalue weighted by molar-refractivity contribution is 5.33. The SMILES string of the molecule is CC=CCC1=C(CC=CC)C2CC1CC2CO. The fourth-order valence-electron chi connectivity index (χ4n) is 3.61. The van der Waals surface area contributed by atoms with Crippen molar-refractivity contribution in [1.29, 1.82) is 0 Å². The summed E-state index contributed by atoms with van der Waals surface area (Å²) in [5.74, 6) is 1.96. The van der Waals surface area contributed by atoms with Crippen LogP contribution in [-0.2, 0) is 0 Å². The highest BCUT2D eigenvalue weighted by Crippen LogP contribution is 2.53. The van der Waals surface area contributed by atoms with Gasteiger partial charge < -0.3 is 5.11 Å². The highest BCUT2D eigenvalue weighted by atomic mass is 16.3. The third-order valence-corrected chi connectivity index (χ3v) is 4.43. The number of rotatable bonds is 5. The van der Waals surface area contributed by atoms with Gasteiger partial charge in [0, 0.05) is 6.61 Å². The molecule has 3 atom stereocenters. The van der Waals surface area contributed by atoms with Gasteiger partial charge in [0.25, 0.3) is 0 Å². The van der Waals surface area contributed by atoms with E-state index in [2.05, 4.69) is 38.2 Å². The van der Waals surface area contributed by atoms with Crippen molar-refractivity contribution >= 4 is 0 Å². The zero-order chi connectivity index (χ0) is 12.3. The molecule has 1 nitrogen and oxygen atoms in total. The van der Waals surface area contributed by atoms with E-state index in [-0.39, 0.29) is 0 Å². The van der Waals surface area contributed by atoms with Gasteiger partial charge in [0.15, 0.2) is 0 Å². The van der Waals surface area contributed by atoms with E-state index < -0.39 is 0 Å². The van der Waals surface area contributed by atoms with Crippen molar-refractivity contribution < 1.29 is 5.11 Å². The Morgan fingerprint density at radius 1 is 1.06 bits per heavy atom. The number of hydrogen-bond donors (Lipinski definition) is 1. The van der Waals surface area contributed by atoms with E-state index >= 15 is 0 Å². The van der Waals surface area contributed by atoms with Gasteiger partial charge in [-0.05, 0) is 57.3 Å². The number of fused-ring (bicyclic) bond motifs is 2. The molecule has 94 valence electrons. The van der Waals surface area contributed by atoms with Crippen LogP contribution in [0.3, 0.4) is 0 Å². The summed E-state index contributed by atoms with van der Waals surface area (Å²) in [6, 6.07) is 0. The first-order chi connectivity index (χ1) is 8.31. The maximum absolute atomic E-state index is 9.44. The molecule has 0 aromatic heterocycles. The van der Waals surface area contributed by atoms with Gasteiger partial charge in [-0.3, -0.25) is 0 Å². The van der Waals surface area contributed by atoms with Crippen LogP contribution in [0, 0.1) is 17.8 Å². The van der Waals surface area contributed by atoms with E-state index in [1.807, 2.05) is 0 Å². The second-order valence-electron chi connectivity index (χ2n) is 5.31. The van der Waals surface area contributed by atoms with Crippen LogP contribution in [0.5, 0.6) is 0 Å². The van der Waals surface area contributed by atoms with Crippen LogP contribution in [0.4, 0.5) is 0 Å². The molecular weight excluding hydrogens is 208 g/mol. The fourth-order valence-corrected chi connectivity index (χ4v) is 3.61. The molecule has 0 aromatic carbocycles. The molecular formula is C16H24O. The van der Waals surface area contributed by atoms with E-state index in [0.717, 1.165) is 18.8 Å². The zero-order valence-electron chi connectivity index (χ0n) is 11.0. The second-order valence-corrected chi connectivity index (χ2v) is 5.31. The Hall–Kier alpha value is -0.820. The molecule has 0 saturated heterocycles. The summed E-state index contributed by atoms with van der Waals surface area (Å²) in [6.07, 6.45) is 13.6. The molecule has 0 heterocycles. The standard InChI is InChI=1S/C16H24O/c1-3-5-7-14-12-9-13(11-17)16(10-12)15(14)8-6-4-2/h3-6,12-13,16-17H,7-11H2,1-2H3. The average molecular weight is 232 g/mol. The first-order valence-electron chi connectivity index (χ1n) is 6.86. The van der Waals surface area contributed by atoms with E-state index in [9.17, 15) is 5.11 Å². The Morgan fingerprint density at radius 3 is 2.29 bits per heavy atom. The fraction of sp³-hybridized carbons (Fsp3) is 0.625. The van der Waals surface area contributed by atoms with E-state index in [1.54, 1.807) is 11.1 Å². The topological polar surface area (TPSA) is 20.2 Å². The lowest BCUT2D eigenvalue weighted by molar-refractivity contribution is 0.200. The summed E-state index contributed by atoms with van der Waals surface area (Å²) >= 11 is 0. The van der Waals surface area contributed by atoms with Crippen LogP contribution < -0.4 is 0 Å². The molecule has 1 saturated carbocycles. The lowest BCUT2D eigenvalue weighted by atomic mass is 9.81. The second kappa shape index (κ2) is 5.68. The van der Waals surface area contributed by atoms with Gasteiger partial charge in [0.2, 0.25) is 0 Å². The van der Waals surface area contributed by atoms with Crippen LogP contribution in [0.2, 0.25) is 0 Å². The Morgan fingerprint density at radius 2 is 1.71 bits per heavy atom. The minimum atomic E-state index is 0.372. The van der Waals surface area contributed by atoms with Crippen LogP contribution in [0.25, 0.3) is 0 Å². The average Bonchev–Trinajstić information content (AvgIpc) is 2.90. The van der Waals surface area contributed by atoms with Crippen LogP contribution >= 0.6 is 0 Å². The molecule has 0 amide bonds. The molecule has 17 heavy (non-hydrogen) atoms. The third-order valence-electron chi connectivity index (χ3n) is 4.43. The van der Waals surface area contributed by atoms with E-state index in [1.165, 1.54) is 12.8 Å². The molecule has 1 N–H and O–H groups in total. The van der Waals surface area contributed by atoms with Crippen LogP contribution in [0.1, 0.15) is 39.5 Å². The maximum atomic E-state index is 9.44. The minimum absolute atomic E-state index is 0.372. The van der Waals surface area contributed by atoms with Crippen molar-refractivity contribution in [1.82, 2.24) is 0 Å². The smallest absolute Gasteiger partial charge is 0.0465 e. The van der Waals surface area contributed by atoms with Gasteiger partial charge in [0.05, 0.1) is 0 Å². The van der Waals surface area contributed by atoms with Crippen molar-refractivity contribution in [3.63, 3.8) is 0 Å². The van der Waals surface area contributed by atoms with Crippen molar-refractivity contribution in [2.75, 3.05) is 6.61 Å². The molecule has 1 fully saturated rings. The van der Waals surface area contributed by atoms with Gasteiger partial charge in [-0.2, -0.15) is 0 Å².